The molecule has 106 valence electrons. The maximum absolute atomic E-state index is 10.1. The largest absolute Gasteiger partial charge is 0.214 e. The summed E-state index contributed by atoms with van der Waals surface area (Å²) in [5, 5.41) is 10.1. The summed E-state index contributed by atoms with van der Waals surface area (Å²) in [5.74, 6) is 0. The molecule has 0 aromatic heterocycles. The molecule has 0 aliphatic heterocycles. The molecule has 2 aromatic rings. The predicted octanol–water partition coefficient (Wildman–Crippen LogP) is 2.83. The molecule has 0 saturated heterocycles. The molecule has 20 heavy (non-hydrogen) atoms. The van der Waals surface area contributed by atoms with E-state index < -0.39 is 4.92 Å². The molecule has 2 rings (SSSR count). The van der Waals surface area contributed by atoms with Crippen LogP contribution in [-0.4, -0.2) is 4.92 Å². The van der Waals surface area contributed by atoms with E-state index in [1.807, 2.05) is 30.3 Å². The van der Waals surface area contributed by atoms with E-state index >= 15 is 0 Å². The monoisotopic (exact) mass is 331 g/mol. The second-order valence-corrected chi connectivity index (χ2v) is 3.18. The summed E-state index contributed by atoms with van der Waals surface area (Å²) in [6.45, 7) is 9.00. The summed E-state index contributed by atoms with van der Waals surface area (Å²) < 4.78 is 15.0. The molecule has 0 aliphatic rings. The van der Waals surface area contributed by atoms with Crippen LogP contribution >= 0.6 is 0 Å². The van der Waals surface area contributed by atoms with Crippen molar-refractivity contribution in [2.24, 2.45) is 0 Å². The number of non-ortho nitro benzene ring substituents is 1. The van der Waals surface area contributed by atoms with Crippen molar-refractivity contribution in [1.82, 2.24) is 0 Å². The first-order valence-electron chi connectivity index (χ1n) is 4.69. The minimum atomic E-state index is -0.450. The maximum Gasteiger partial charge on any atom is 0 e. The number of nitrogens with zero attached hydrogens (tertiary/aromatic N) is 1. The van der Waals surface area contributed by atoms with Gasteiger partial charge < -0.3 is 12.6 Å². The van der Waals surface area contributed by atoms with Crippen molar-refractivity contribution < 1.29 is 31.3 Å². The Hall–Kier alpha value is -1.81. The van der Waals surface area contributed by atoms with Gasteiger partial charge in [-0.2, -0.15) is 23.1 Å². The molecule has 0 N–H and O–H groups in total. The number of nitro groups is 1. The van der Waals surface area contributed by atoms with Gasteiger partial charge in [0.2, 0.25) is 0 Å². The van der Waals surface area contributed by atoms with Crippen molar-refractivity contribution in [3.63, 3.8) is 0 Å². The third kappa shape index (κ3) is 12.6. The molecule has 0 saturated carbocycles. The molecule has 2 aromatic carbocycles. The molecule has 0 bridgehead atoms. The molecular formula is C13H9FeNO4S-2. The number of benzene rings is 1. The average Bonchev–Trinajstić information content (AvgIpc) is 3.03. The fraction of sp³-hybridized carbons (Fsp3) is 0. The Morgan fingerprint density at radius 1 is 1.05 bits per heavy atom. The van der Waals surface area contributed by atoms with Crippen LogP contribution in [0.1, 0.15) is 0 Å². The maximum atomic E-state index is 10.1. The van der Waals surface area contributed by atoms with E-state index in [2.05, 4.69) is 13.3 Å². The van der Waals surface area contributed by atoms with Crippen LogP contribution in [0.15, 0.2) is 59.5 Å². The van der Waals surface area contributed by atoms with Gasteiger partial charge in [0.1, 0.15) is 0 Å². The molecule has 7 heteroatoms. The Morgan fingerprint density at radius 2 is 1.45 bits per heavy atom. The van der Waals surface area contributed by atoms with E-state index in [-0.39, 0.29) is 22.8 Å². The van der Waals surface area contributed by atoms with E-state index in [4.69, 9.17) is 21.9 Å². The normalized spacial score (nSPS) is 6.80. The van der Waals surface area contributed by atoms with E-state index in [0.29, 0.717) is 4.90 Å². The number of nitro benzene ring substituents is 1. The average molecular weight is 331 g/mol. The van der Waals surface area contributed by atoms with Crippen molar-refractivity contribution in [3.05, 3.63) is 78.0 Å². The van der Waals surface area contributed by atoms with Crippen molar-refractivity contribution in [2.75, 3.05) is 0 Å². The summed E-state index contributed by atoms with van der Waals surface area (Å²) >= 11 is 4.74. The molecule has 0 amide bonds. The first-order valence-corrected chi connectivity index (χ1v) is 5.10. The molecule has 0 unspecified atom stereocenters. The number of rotatable bonds is 1. The number of hydrogen-bond donors (Lipinski definition) is 0. The van der Waals surface area contributed by atoms with Crippen LogP contribution in [0.25, 0.3) is 0 Å². The van der Waals surface area contributed by atoms with Gasteiger partial charge in [-0.3, -0.25) is 10.1 Å². The van der Waals surface area contributed by atoms with Gasteiger partial charge in [0.25, 0.3) is 5.69 Å². The standard InChI is InChI=1S/C6H5NO2S.C5H5.2CO.Fe/c8-7(9)5-1-3-6(10)4-2-5;1-2-4-5-3-1;2*1-2;/h1-4,10H;1-5H;;;/q;-1;;;/p-1. The van der Waals surface area contributed by atoms with Crippen molar-refractivity contribution in [1.29, 1.82) is 0 Å². The minimum absolute atomic E-state index is 0. The molecule has 5 nitrogen and oxygen atoms in total. The molecule has 0 atom stereocenters. The first-order chi connectivity index (χ1) is 9.20. The third-order valence-corrected chi connectivity index (χ3v) is 1.88. The minimum Gasteiger partial charge on any atom is -0.214 e. The van der Waals surface area contributed by atoms with Crippen molar-refractivity contribution in [3.8, 4) is 0 Å². The van der Waals surface area contributed by atoms with Crippen LogP contribution in [0.5, 0.6) is 0 Å². The smallest absolute Gasteiger partial charge is 0 e. The Kier molecular flexibility index (Phi) is 20.0. The molecule has 0 heterocycles. The van der Waals surface area contributed by atoms with Gasteiger partial charge >= 0.3 is 22.6 Å². The summed E-state index contributed by atoms with van der Waals surface area (Å²) in [7, 11) is 0. The molecule has 0 aliphatic carbocycles. The zero-order valence-corrected chi connectivity index (χ0v) is 12.0. The molecule has 0 spiro atoms. The fourth-order valence-corrected chi connectivity index (χ4v) is 1.02. The zero-order chi connectivity index (χ0) is 15.1. The summed E-state index contributed by atoms with van der Waals surface area (Å²) in [6.07, 6.45) is 0. The Balaban J connectivity index is -0.000000246. The van der Waals surface area contributed by atoms with Gasteiger partial charge in [0.15, 0.2) is 0 Å². The summed E-state index contributed by atoms with van der Waals surface area (Å²) in [4.78, 5) is 10.3. The molecular weight excluding hydrogens is 322 g/mol. The second kappa shape index (κ2) is 17.2. The van der Waals surface area contributed by atoms with Gasteiger partial charge in [-0.05, 0) is 0 Å². The quantitative estimate of drug-likeness (QED) is 0.201. The molecule has 0 radical (unpaired) electrons. The zero-order valence-electron chi connectivity index (χ0n) is 10.0. The Morgan fingerprint density at radius 3 is 1.70 bits per heavy atom. The van der Waals surface area contributed by atoms with Crippen LogP contribution in [0.3, 0.4) is 0 Å². The van der Waals surface area contributed by atoms with Gasteiger partial charge in [-0.15, -0.1) is 0 Å². The van der Waals surface area contributed by atoms with Crippen LogP contribution in [0.4, 0.5) is 5.69 Å². The summed E-state index contributed by atoms with van der Waals surface area (Å²) in [6, 6.07) is 15.9. The third-order valence-electron chi connectivity index (χ3n) is 1.60. The second-order valence-electron chi connectivity index (χ2n) is 2.71. The molecule has 0 fully saturated rings. The van der Waals surface area contributed by atoms with Gasteiger partial charge in [-0.1, -0.05) is 12.1 Å². The predicted molar refractivity (Wildman–Crippen MR) is 68.6 cm³/mol. The van der Waals surface area contributed by atoms with Crippen LogP contribution in [0, 0.1) is 23.4 Å². The van der Waals surface area contributed by atoms with E-state index in [1.54, 1.807) is 0 Å². The first kappa shape index (κ1) is 23.3. The van der Waals surface area contributed by atoms with Gasteiger partial charge in [0, 0.05) is 29.2 Å². The Bertz CT molecular complexity index is 457. The number of hydrogen-bond acceptors (Lipinski definition) is 3. The van der Waals surface area contributed by atoms with Crippen LogP contribution in [-0.2, 0) is 39.0 Å². The van der Waals surface area contributed by atoms with Crippen molar-refractivity contribution in [2.45, 2.75) is 4.90 Å². The topological polar surface area (TPSA) is 82.9 Å². The van der Waals surface area contributed by atoms with E-state index in [0.717, 1.165) is 0 Å². The fourth-order valence-electron chi connectivity index (χ4n) is 0.889. The van der Waals surface area contributed by atoms with Gasteiger partial charge in [-0.25, -0.2) is 12.1 Å². The van der Waals surface area contributed by atoms with Crippen LogP contribution < -0.4 is 0 Å². The summed E-state index contributed by atoms with van der Waals surface area (Å²) in [5.41, 5.74) is 0.0774. The van der Waals surface area contributed by atoms with Gasteiger partial charge in [0.05, 0.1) is 4.92 Å². The Labute approximate surface area is 132 Å². The SMILES string of the molecule is O=[N+]([O-])c1ccc([S-])cc1.[C-]#[O+].[C-]#[O+].[Fe].c1cc[cH-]c1. The van der Waals surface area contributed by atoms with E-state index in [9.17, 15) is 10.1 Å². The van der Waals surface area contributed by atoms with E-state index in [1.165, 1.54) is 24.3 Å². The van der Waals surface area contributed by atoms with Crippen LogP contribution in [0.2, 0.25) is 0 Å². The van der Waals surface area contributed by atoms with Crippen molar-refractivity contribution >= 4 is 18.3 Å².